The molecule has 0 radical (unpaired) electrons. The van der Waals surface area contributed by atoms with E-state index >= 15 is 0 Å². The molecule has 126 valence electrons. The van der Waals surface area contributed by atoms with Crippen LogP contribution < -0.4 is 10.1 Å². The van der Waals surface area contributed by atoms with Crippen molar-refractivity contribution in [2.24, 2.45) is 5.92 Å². The van der Waals surface area contributed by atoms with Crippen LogP contribution in [0, 0.1) is 5.92 Å². The molecule has 0 bridgehead atoms. The van der Waals surface area contributed by atoms with Gasteiger partial charge in [0.2, 0.25) is 5.88 Å². The smallest absolute Gasteiger partial charge is 0.413 e. The van der Waals surface area contributed by atoms with E-state index in [1.54, 1.807) is 0 Å². The largest absolute Gasteiger partial charge is 0.476 e. The molecule has 1 amide bonds. The molecule has 6 nitrogen and oxygen atoms in total. The summed E-state index contributed by atoms with van der Waals surface area (Å²) in [6, 6.07) is 0. The molecule has 0 spiro atoms. The molecule has 0 aromatic carbocycles. The normalized spacial score (nSPS) is 24.5. The van der Waals surface area contributed by atoms with Crippen molar-refractivity contribution >= 4 is 5.91 Å². The van der Waals surface area contributed by atoms with Gasteiger partial charge in [0.05, 0.1) is 25.6 Å². The monoisotopic (exact) mass is 331 g/mol. The Morgan fingerprint density at radius 2 is 2.17 bits per heavy atom. The lowest BCUT2D eigenvalue weighted by molar-refractivity contribution is -0.192. The third kappa shape index (κ3) is 3.54. The van der Waals surface area contributed by atoms with Gasteiger partial charge in [0.25, 0.3) is 5.91 Å². The molecule has 23 heavy (non-hydrogen) atoms. The van der Waals surface area contributed by atoms with E-state index in [1.165, 1.54) is 6.20 Å². The molecule has 1 saturated carbocycles. The summed E-state index contributed by atoms with van der Waals surface area (Å²) < 4.78 is 49.7. The van der Waals surface area contributed by atoms with E-state index in [2.05, 4.69) is 9.97 Å². The zero-order valence-electron chi connectivity index (χ0n) is 12.2. The van der Waals surface area contributed by atoms with E-state index in [4.69, 9.17) is 9.47 Å². The van der Waals surface area contributed by atoms with E-state index in [0.717, 1.165) is 19.0 Å². The van der Waals surface area contributed by atoms with Crippen LogP contribution in [0.3, 0.4) is 0 Å². The first-order chi connectivity index (χ1) is 10.9. The van der Waals surface area contributed by atoms with Gasteiger partial charge >= 0.3 is 6.18 Å². The number of amides is 1. The molecule has 3 rings (SSSR count). The minimum absolute atomic E-state index is 0.0561. The average molecular weight is 331 g/mol. The van der Waals surface area contributed by atoms with Crippen molar-refractivity contribution in [1.82, 2.24) is 15.3 Å². The van der Waals surface area contributed by atoms with Gasteiger partial charge in [-0.05, 0) is 18.8 Å². The number of aromatic nitrogens is 2. The van der Waals surface area contributed by atoms with Gasteiger partial charge in [0, 0.05) is 13.0 Å². The molecule has 1 saturated heterocycles. The highest BCUT2D eigenvalue weighted by atomic mass is 19.4. The average Bonchev–Trinajstić information content (AvgIpc) is 3.21. The number of ether oxygens (including phenoxy) is 2. The van der Waals surface area contributed by atoms with Crippen LogP contribution in [0.25, 0.3) is 0 Å². The van der Waals surface area contributed by atoms with Gasteiger partial charge in [-0.3, -0.25) is 4.79 Å². The maximum atomic E-state index is 13.2. The fourth-order valence-electron chi connectivity index (χ4n) is 2.24. The molecule has 1 aromatic heterocycles. The summed E-state index contributed by atoms with van der Waals surface area (Å²) in [5.41, 5.74) is -2.56. The molecule has 9 heteroatoms. The molecule has 2 fully saturated rings. The van der Waals surface area contributed by atoms with Gasteiger partial charge in [-0.1, -0.05) is 0 Å². The van der Waals surface area contributed by atoms with E-state index < -0.39 is 24.2 Å². The maximum absolute atomic E-state index is 13.2. The number of nitrogens with zero attached hydrogens (tertiary/aromatic N) is 2. The summed E-state index contributed by atoms with van der Waals surface area (Å²) in [4.78, 5) is 19.8. The Labute approximate surface area is 130 Å². The highest BCUT2D eigenvalue weighted by Crippen LogP contribution is 2.37. The Morgan fingerprint density at radius 1 is 1.39 bits per heavy atom. The van der Waals surface area contributed by atoms with E-state index in [9.17, 15) is 18.0 Å². The Kier molecular flexibility index (Phi) is 4.13. The van der Waals surface area contributed by atoms with E-state index in [-0.39, 0.29) is 24.6 Å². The first kappa shape index (κ1) is 16.0. The Bertz CT molecular complexity index is 567. The van der Waals surface area contributed by atoms with Crippen LogP contribution in [-0.2, 0) is 4.74 Å². The van der Waals surface area contributed by atoms with Crippen LogP contribution >= 0.6 is 0 Å². The van der Waals surface area contributed by atoms with Crippen LogP contribution in [0.5, 0.6) is 5.88 Å². The van der Waals surface area contributed by atoms with Crippen LogP contribution in [-0.4, -0.2) is 47.4 Å². The van der Waals surface area contributed by atoms with Crippen molar-refractivity contribution in [2.75, 3.05) is 19.8 Å². The van der Waals surface area contributed by atoms with E-state index in [1.807, 2.05) is 5.32 Å². The maximum Gasteiger partial charge on any atom is 0.413 e. The van der Waals surface area contributed by atoms with Crippen LogP contribution in [0.4, 0.5) is 13.2 Å². The van der Waals surface area contributed by atoms with Crippen molar-refractivity contribution in [3.63, 3.8) is 0 Å². The number of alkyl halides is 3. The molecule has 1 unspecified atom stereocenters. The molecule has 1 aliphatic carbocycles. The lowest BCUT2D eigenvalue weighted by Gasteiger charge is -2.30. The van der Waals surface area contributed by atoms with Crippen molar-refractivity contribution in [2.45, 2.75) is 31.0 Å². The zero-order valence-corrected chi connectivity index (χ0v) is 12.2. The van der Waals surface area contributed by atoms with Crippen LogP contribution in [0.1, 0.15) is 29.8 Å². The molecule has 2 aliphatic rings. The number of carbonyl (C=O) groups excluding carboxylic acids is 1. The molecule has 2 heterocycles. The van der Waals surface area contributed by atoms with Crippen LogP contribution in [0.2, 0.25) is 0 Å². The van der Waals surface area contributed by atoms with Gasteiger partial charge in [0.15, 0.2) is 5.54 Å². The van der Waals surface area contributed by atoms with Gasteiger partial charge in [-0.25, -0.2) is 9.97 Å². The van der Waals surface area contributed by atoms with Gasteiger partial charge in [-0.15, -0.1) is 0 Å². The van der Waals surface area contributed by atoms with Gasteiger partial charge in [-0.2, -0.15) is 13.2 Å². The Morgan fingerprint density at radius 3 is 2.70 bits per heavy atom. The molecular formula is C14H16F3N3O3. The third-order valence-corrected chi connectivity index (χ3v) is 3.94. The number of carbonyl (C=O) groups is 1. The van der Waals surface area contributed by atoms with E-state index in [0.29, 0.717) is 12.5 Å². The molecule has 1 aromatic rings. The Balaban J connectivity index is 1.64. The van der Waals surface area contributed by atoms with Gasteiger partial charge < -0.3 is 14.8 Å². The molecular weight excluding hydrogens is 315 g/mol. The lowest BCUT2D eigenvalue weighted by Crippen LogP contribution is -2.59. The minimum Gasteiger partial charge on any atom is -0.476 e. The quantitative estimate of drug-likeness (QED) is 0.889. The highest BCUT2D eigenvalue weighted by Gasteiger charge is 2.58. The fraction of sp³-hybridized carbons (Fsp3) is 0.643. The second-order valence-electron chi connectivity index (χ2n) is 5.83. The third-order valence-electron chi connectivity index (χ3n) is 3.94. The fourth-order valence-corrected chi connectivity index (χ4v) is 2.24. The first-order valence-corrected chi connectivity index (χ1v) is 7.31. The van der Waals surface area contributed by atoms with Crippen LogP contribution in [0.15, 0.2) is 12.4 Å². The van der Waals surface area contributed by atoms with Gasteiger partial charge in [0.1, 0.15) is 5.69 Å². The lowest BCUT2D eigenvalue weighted by atomic mass is 9.97. The SMILES string of the molecule is O=C(NC1(C(F)(F)F)CCOC1)c1cnc(OCC2CC2)cn1. The standard InChI is InChI=1S/C14H16F3N3O3/c15-14(16,17)13(3-4-22-8-13)20-12(21)10-5-19-11(6-18-10)23-7-9-1-2-9/h5-6,9H,1-4,7-8H2,(H,20,21). The summed E-state index contributed by atoms with van der Waals surface area (Å²) in [6.07, 6.45) is -0.330. The highest BCUT2D eigenvalue weighted by molar-refractivity contribution is 5.92. The number of hydrogen-bond acceptors (Lipinski definition) is 5. The minimum atomic E-state index is -4.60. The molecule has 1 aliphatic heterocycles. The predicted molar refractivity (Wildman–Crippen MR) is 71.9 cm³/mol. The topological polar surface area (TPSA) is 73.3 Å². The first-order valence-electron chi connectivity index (χ1n) is 7.31. The van der Waals surface area contributed by atoms with Crippen molar-refractivity contribution in [3.8, 4) is 5.88 Å². The number of rotatable bonds is 5. The summed E-state index contributed by atoms with van der Waals surface area (Å²) in [7, 11) is 0. The Hall–Kier alpha value is -1.90. The summed E-state index contributed by atoms with van der Waals surface area (Å²) in [6.45, 7) is -0.119. The number of halogens is 3. The molecule has 1 N–H and O–H groups in total. The molecule has 1 atom stereocenters. The second kappa shape index (κ2) is 5.95. The predicted octanol–water partition coefficient (Wildman–Crippen LogP) is 1.72. The summed E-state index contributed by atoms with van der Waals surface area (Å²) >= 11 is 0. The second-order valence-corrected chi connectivity index (χ2v) is 5.83. The van der Waals surface area contributed by atoms with Crippen molar-refractivity contribution in [1.29, 1.82) is 0 Å². The summed E-state index contributed by atoms with van der Waals surface area (Å²) in [5.74, 6) is -0.147. The number of hydrogen-bond donors (Lipinski definition) is 1. The summed E-state index contributed by atoms with van der Waals surface area (Å²) in [5, 5.41) is 2.00. The van der Waals surface area contributed by atoms with Crippen molar-refractivity contribution in [3.05, 3.63) is 18.1 Å². The zero-order chi connectivity index (χ0) is 16.5. The van der Waals surface area contributed by atoms with Crippen molar-refractivity contribution < 1.29 is 27.4 Å². The number of nitrogens with one attached hydrogen (secondary N) is 1.